The Balaban J connectivity index is 2.40. The highest BCUT2D eigenvalue weighted by Crippen LogP contribution is 2.37. The summed E-state index contributed by atoms with van der Waals surface area (Å²) in [5.74, 6) is -2.90. The maximum absolute atomic E-state index is 13.1. The van der Waals surface area contributed by atoms with Gasteiger partial charge >= 0.3 is 11.9 Å². The summed E-state index contributed by atoms with van der Waals surface area (Å²) in [7, 11) is 3.05. The van der Waals surface area contributed by atoms with E-state index in [1.165, 1.54) is 4.90 Å². The number of carboxylic acids is 1. The van der Waals surface area contributed by atoms with Crippen LogP contribution in [0, 0.1) is 11.8 Å². The number of likely N-dealkylation sites (tertiary alicyclic amines) is 1. The van der Waals surface area contributed by atoms with Crippen LogP contribution in [-0.4, -0.2) is 56.6 Å². The van der Waals surface area contributed by atoms with Gasteiger partial charge in [0.15, 0.2) is 0 Å². The molecule has 0 aliphatic carbocycles. The molecule has 0 radical (unpaired) electrons. The average molecular weight is 379 g/mol. The molecule has 2 rings (SSSR count). The van der Waals surface area contributed by atoms with Crippen molar-refractivity contribution in [1.82, 2.24) is 14.5 Å². The number of imidazole rings is 1. The molecule has 1 fully saturated rings. The van der Waals surface area contributed by atoms with Crippen molar-refractivity contribution in [2.75, 3.05) is 13.7 Å². The molecule has 0 bridgehead atoms. The normalized spacial score (nSPS) is 21.9. The Morgan fingerprint density at radius 2 is 2.11 bits per heavy atom. The second kappa shape index (κ2) is 8.54. The molecule has 0 aromatic carbocycles. The summed E-state index contributed by atoms with van der Waals surface area (Å²) >= 11 is 0. The minimum atomic E-state index is -1.96. The first-order valence-electron chi connectivity index (χ1n) is 9.41. The molecular formula is C19H29N3O5. The zero-order valence-electron chi connectivity index (χ0n) is 16.5. The molecule has 3 atom stereocenters. The first-order chi connectivity index (χ1) is 12.8. The number of aromatic nitrogens is 2. The van der Waals surface area contributed by atoms with E-state index in [1.807, 2.05) is 25.5 Å². The fraction of sp³-hybridized carbons (Fsp3) is 0.684. The van der Waals surface area contributed by atoms with Gasteiger partial charge in [-0.1, -0.05) is 26.7 Å². The molecule has 1 N–H and O–H groups in total. The van der Waals surface area contributed by atoms with E-state index < -0.39 is 17.5 Å². The molecule has 8 nitrogen and oxygen atoms in total. The van der Waals surface area contributed by atoms with Crippen LogP contribution in [0.2, 0.25) is 0 Å². The van der Waals surface area contributed by atoms with Crippen molar-refractivity contribution in [3.05, 3.63) is 18.2 Å². The van der Waals surface area contributed by atoms with Gasteiger partial charge < -0.3 is 19.3 Å². The third-order valence-electron chi connectivity index (χ3n) is 5.63. The quantitative estimate of drug-likeness (QED) is 0.517. The second-order valence-electron chi connectivity index (χ2n) is 7.18. The Hall–Kier alpha value is -2.38. The van der Waals surface area contributed by atoms with Crippen molar-refractivity contribution < 1.29 is 24.2 Å². The number of hydrogen-bond acceptors (Lipinski definition) is 5. The van der Waals surface area contributed by atoms with Crippen molar-refractivity contribution in [2.45, 2.75) is 51.5 Å². The van der Waals surface area contributed by atoms with Crippen LogP contribution in [0.1, 0.15) is 45.2 Å². The Morgan fingerprint density at radius 3 is 2.59 bits per heavy atom. The minimum absolute atomic E-state index is 0.0477. The monoisotopic (exact) mass is 379 g/mol. The predicted octanol–water partition coefficient (Wildman–Crippen LogP) is 1.63. The number of ether oxygens (including phenoxy) is 1. The van der Waals surface area contributed by atoms with Gasteiger partial charge in [0.2, 0.25) is 11.4 Å². The lowest BCUT2D eigenvalue weighted by atomic mass is 9.89. The largest absolute Gasteiger partial charge is 0.479 e. The molecule has 27 heavy (non-hydrogen) atoms. The van der Waals surface area contributed by atoms with Gasteiger partial charge in [-0.15, -0.1) is 0 Å². The highest BCUT2D eigenvalue weighted by atomic mass is 16.5. The zero-order valence-corrected chi connectivity index (χ0v) is 16.5. The molecule has 3 unspecified atom stereocenters. The number of rotatable bonds is 9. The molecule has 1 aromatic heterocycles. The number of unbranched alkanes of at least 4 members (excludes halogenated alkanes) is 1. The summed E-state index contributed by atoms with van der Waals surface area (Å²) in [5.41, 5.74) is -0.989. The van der Waals surface area contributed by atoms with E-state index in [0.717, 1.165) is 12.8 Å². The van der Waals surface area contributed by atoms with Gasteiger partial charge in [0, 0.05) is 31.4 Å². The van der Waals surface area contributed by atoms with Crippen molar-refractivity contribution in [3.8, 4) is 0 Å². The van der Waals surface area contributed by atoms with Crippen LogP contribution in [0.4, 0.5) is 0 Å². The zero-order chi connectivity index (χ0) is 20.2. The van der Waals surface area contributed by atoms with Crippen molar-refractivity contribution in [3.63, 3.8) is 0 Å². The Morgan fingerprint density at radius 1 is 1.41 bits per heavy atom. The highest BCUT2D eigenvalue weighted by Gasteiger charge is 2.58. The van der Waals surface area contributed by atoms with Crippen molar-refractivity contribution >= 4 is 17.8 Å². The summed E-state index contributed by atoms with van der Waals surface area (Å²) < 4.78 is 6.73. The molecule has 1 aliphatic heterocycles. The smallest absolute Gasteiger partial charge is 0.343 e. The summed E-state index contributed by atoms with van der Waals surface area (Å²) in [6, 6.07) is 0. The van der Waals surface area contributed by atoms with Gasteiger partial charge in [-0.2, -0.15) is 0 Å². The van der Waals surface area contributed by atoms with Gasteiger partial charge in [0.25, 0.3) is 0 Å². The van der Waals surface area contributed by atoms with Gasteiger partial charge in [0.1, 0.15) is 0 Å². The number of carbonyl (C=O) groups is 3. The van der Waals surface area contributed by atoms with Crippen molar-refractivity contribution in [1.29, 1.82) is 0 Å². The summed E-state index contributed by atoms with van der Waals surface area (Å²) in [5, 5.41) is 9.97. The first kappa shape index (κ1) is 20.9. The topological polar surface area (TPSA) is 102 Å². The molecule has 1 aliphatic rings. The van der Waals surface area contributed by atoms with Gasteiger partial charge in [-0.25, -0.2) is 14.6 Å². The van der Waals surface area contributed by atoms with Crippen LogP contribution < -0.4 is 0 Å². The van der Waals surface area contributed by atoms with E-state index in [-0.39, 0.29) is 30.7 Å². The van der Waals surface area contributed by atoms with Crippen LogP contribution in [0.3, 0.4) is 0 Å². The fourth-order valence-electron chi connectivity index (χ4n) is 4.02. The summed E-state index contributed by atoms with van der Waals surface area (Å²) in [6.45, 7) is 4.04. The molecule has 8 heteroatoms. The molecule has 1 amide bonds. The SMILES string of the molecule is CCCCC(C(=O)O)(C(=O)OC)N1CC(Cc2cncn2C)C(CC)C1=O. The van der Waals surface area contributed by atoms with Gasteiger partial charge in [-0.05, 0) is 25.2 Å². The maximum atomic E-state index is 13.1. The first-order valence-corrected chi connectivity index (χ1v) is 9.41. The number of hydrogen-bond donors (Lipinski definition) is 1. The molecule has 150 valence electrons. The molecule has 2 heterocycles. The van der Waals surface area contributed by atoms with E-state index in [4.69, 9.17) is 4.74 Å². The van der Waals surface area contributed by atoms with Crippen LogP contribution in [-0.2, 0) is 32.6 Å². The Kier molecular flexibility index (Phi) is 6.62. The van der Waals surface area contributed by atoms with E-state index in [2.05, 4.69) is 4.98 Å². The number of amides is 1. The van der Waals surface area contributed by atoms with Gasteiger partial charge in [0.05, 0.1) is 13.4 Å². The highest BCUT2D eigenvalue weighted by molar-refractivity contribution is 6.07. The van der Waals surface area contributed by atoms with Gasteiger partial charge in [-0.3, -0.25) is 4.79 Å². The molecular weight excluding hydrogens is 350 g/mol. The van der Waals surface area contributed by atoms with E-state index in [9.17, 15) is 19.5 Å². The van der Waals surface area contributed by atoms with E-state index in [0.29, 0.717) is 25.7 Å². The van der Waals surface area contributed by atoms with E-state index in [1.54, 1.807) is 12.5 Å². The summed E-state index contributed by atoms with van der Waals surface area (Å²) in [6.07, 6.45) is 5.90. The molecule has 1 saturated heterocycles. The van der Waals surface area contributed by atoms with Crippen LogP contribution in [0.5, 0.6) is 0 Å². The molecule has 0 spiro atoms. The predicted molar refractivity (Wildman–Crippen MR) is 97.8 cm³/mol. The number of nitrogens with zero attached hydrogens (tertiary/aromatic N) is 3. The third-order valence-corrected chi connectivity index (χ3v) is 5.63. The Labute approximate surface area is 159 Å². The van der Waals surface area contributed by atoms with Crippen LogP contribution in [0.15, 0.2) is 12.5 Å². The standard InChI is InChI=1S/C19H29N3O5/c1-5-7-8-19(17(24)25,18(26)27-4)22-11-13(15(6-2)16(22)23)9-14-10-20-12-21(14)3/h10,12-13,15H,5-9,11H2,1-4H3,(H,24,25). The number of aryl methyl sites for hydroxylation is 1. The number of methoxy groups -OCH3 is 1. The number of aliphatic carboxylic acids is 1. The van der Waals surface area contributed by atoms with Crippen LogP contribution >= 0.6 is 0 Å². The van der Waals surface area contributed by atoms with Crippen LogP contribution in [0.25, 0.3) is 0 Å². The maximum Gasteiger partial charge on any atom is 0.343 e. The molecule has 0 saturated carbocycles. The van der Waals surface area contributed by atoms with Crippen molar-refractivity contribution in [2.24, 2.45) is 18.9 Å². The fourth-order valence-corrected chi connectivity index (χ4v) is 4.02. The lowest BCUT2D eigenvalue weighted by molar-refractivity contribution is -0.174. The average Bonchev–Trinajstić information content (AvgIpc) is 3.18. The Bertz CT molecular complexity index is 701. The number of esters is 1. The molecule has 1 aromatic rings. The second-order valence-corrected chi connectivity index (χ2v) is 7.18. The summed E-state index contributed by atoms with van der Waals surface area (Å²) in [4.78, 5) is 43.3. The van der Waals surface area contributed by atoms with E-state index >= 15 is 0 Å². The lowest BCUT2D eigenvalue weighted by Gasteiger charge is -2.36. The third kappa shape index (κ3) is 3.70. The number of carboxylic acid groups (broad SMARTS) is 1. The number of carbonyl (C=O) groups excluding carboxylic acids is 2. The lowest BCUT2D eigenvalue weighted by Crippen LogP contribution is -2.61. The minimum Gasteiger partial charge on any atom is -0.479 e.